The molecule has 6 heteroatoms. The third-order valence-electron chi connectivity index (χ3n) is 5.40. The molecule has 2 heterocycles. The minimum atomic E-state index is -0.418. The van der Waals surface area contributed by atoms with Crippen molar-refractivity contribution in [1.29, 1.82) is 0 Å². The minimum Gasteiger partial charge on any atom is -0.443 e. The number of rotatable bonds is 6. The van der Waals surface area contributed by atoms with Crippen LogP contribution in [-0.4, -0.2) is 67.3 Å². The van der Waals surface area contributed by atoms with Gasteiger partial charge in [-0.3, -0.25) is 0 Å². The van der Waals surface area contributed by atoms with E-state index < -0.39 is 5.60 Å². The van der Waals surface area contributed by atoms with Gasteiger partial charge >= 0.3 is 6.09 Å². The summed E-state index contributed by atoms with van der Waals surface area (Å²) in [4.78, 5) is 16.7. The number of piperidine rings is 2. The lowest BCUT2D eigenvalue weighted by atomic mass is 9.87. The normalized spacial score (nSPS) is 24.2. The van der Waals surface area contributed by atoms with E-state index in [2.05, 4.69) is 4.90 Å². The molecule has 0 radical (unpaired) electrons. The summed E-state index contributed by atoms with van der Waals surface area (Å²) in [6.45, 7) is 10.2. The Hall–Kier alpha value is -0.850. The molecule has 1 unspecified atom stereocenters. The monoisotopic (exact) mass is 340 g/mol. The van der Waals surface area contributed by atoms with E-state index in [-0.39, 0.29) is 6.09 Å². The van der Waals surface area contributed by atoms with Crippen LogP contribution in [0.5, 0.6) is 0 Å². The van der Waals surface area contributed by atoms with Gasteiger partial charge in [0.25, 0.3) is 0 Å². The summed E-state index contributed by atoms with van der Waals surface area (Å²) < 4.78 is 5.86. The van der Waals surface area contributed by atoms with Crippen LogP contribution in [-0.2, 0) is 4.74 Å². The van der Waals surface area contributed by atoms with Crippen molar-refractivity contribution in [2.24, 2.45) is 23.3 Å². The number of likely N-dealkylation sites (tertiary alicyclic amines) is 2. The molecule has 1 atom stereocenters. The zero-order valence-corrected chi connectivity index (χ0v) is 15.5. The second-order valence-electron chi connectivity index (χ2n) is 8.10. The Kier molecular flexibility index (Phi) is 7.32. The van der Waals surface area contributed by atoms with Crippen LogP contribution in [0.15, 0.2) is 0 Å². The molecule has 2 saturated heterocycles. The van der Waals surface area contributed by atoms with E-state index in [1.807, 2.05) is 18.7 Å². The van der Waals surface area contributed by atoms with Crippen molar-refractivity contribution in [1.82, 2.24) is 9.80 Å². The average Bonchev–Trinajstić information content (AvgIpc) is 2.54. The highest BCUT2D eigenvalue weighted by molar-refractivity contribution is 5.68. The molecule has 6 nitrogen and oxygen atoms in total. The quantitative estimate of drug-likeness (QED) is 0.768. The lowest BCUT2D eigenvalue weighted by molar-refractivity contribution is -0.0128. The van der Waals surface area contributed by atoms with Crippen LogP contribution in [0.1, 0.15) is 46.0 Å². The second-order valence-corrected chi connectivity index (χ2v) is 8.10. The van der Waals surface area contributed by atoms with E-state index in [1.54, 1.807) is 0 Å². The van der Waals surface area contributed by atoms with E-state index in [0.29, 0.717) is 18.4 Å². The molecule has 1 amide bonds. The standard InChI is InChI=1S/C18H36N4O2/c1-18(2,12-16-4-3-8-21(14-16)11-7-19)24-17(23)22-9-5-15(13-20)6-10-22/h15-16H,3-14,19-20H2,1-2H3. The third-order valence-corrected chi connectivity index (χ3v) is 5.40. The summed E-state index contributed by atoms with van der Waals surface area (Å²) in [6.07, 6.45) is 5.15. The largest absolute Gasteiger partial charge is 0.443 e. The number of nitrogens with two attached hydrogens (primary N) is 2. The fourth-order valence-corrected chi connectivity index (χ4v) is 4.09. The predicted molar refractivity (Wildman–Crippen MR) is 96.7 cm³/mol. The summed E-state index contributed by atoms with van der Waals surface area (Å²) in [5.74, 6) is 1.13. The summed E-state index contributed by atoms with van der Waals surface area (Å²) in [7, 11) is 0. The summed E-state index contributed by atoms with van der Waals surface area (Å²) in [5, 5.41) is 0. The van der Waals surface area contributed by atoms with Gasteiger partial charge < -0.3 is 26.0 Å². The Morgan fingerprint density at radius 2 is 1.83 bits per heavy atom. The van der Waals surface area contributed by atoms with Gasteiger partial charge in [-0.05, 0) is 70.9 Å². The molecule has 2 aliphatic rings. The number of hydrogen-bond donors (Lipinski definition) is 2. The molecule has 2 rings (SSSR count). The maximum Gasteiger partial charge on any atom is 0.410 e. The van der Waals surface area contributed by atoms with E-state index in [0.717, 1.165) is 58.5 Å². The van der Waals surface area contributed by atoms with Crippen molar-refractivity contribution < 1.29 is 9.53 Å². The van der Waals surface area contributed by atoms with Gasteiger partial charge in [-0.1, -0.05) is 0 Å². The number of carbonyl (C=O) groups excluding carboxylic acids is 1. The third kappa shape index (κ3) is 5.90. The molecule has 0 spiro atoms. The molecule has 0 aromatic carbocycles. The van der Waals surface area contributed by atoms with Gasteiger partial charge in [0.1, 0.15) is 5.60 Å². The fraction of sp³-hybridized carbons (Fsp3) is 0.944. The van der Waals surface area contributed by atoms with Crippen molar-refractivity contribution in [2.45, 2.75) is 51.6 Å². The maximum atomic E-state index is 12.5. The van der Waals surface area contributed by atoms with E-state index in [1.165, 1.54) is 12.8 Å². The van der Waals surface area contributed by atoms with Gasteiger partial charge in [0.05, 0.1) is 0 Å². The number of carbonyl (C=O) groups is 1. The highest BCUT2D eigenvalue weighted by Gasteiger charge is 2.32. The zero-order chi connectivity index (χ0) is 17.6. The lowest BCUT2D eigenvalue weighted by Gasteiger charge is -2.38. The molecule has 2 fully saturated rings. The van der Waals surface area contributed by atoms with Crippen molar-refractivity contribution in [3.8, 4) is 0 Å². The zero-order valence-electron chi connectivity index (χ0n) is 15.5. The van der Waals surface area contributed by atoms with Gasteiger partial charge in [-0.25, -0.2) is 4.79 Å². The Bertz CT molecular complexity index is 392. The summed E-state index contributed by atoms with van der Waals surface area (Å²) in [5.41, 5.74) is 11.0. The van der Waals surface area contributed by atoms with Crippen LogP contribution in [0, 0.1) is 11.8 Å². The first-order chi connectivity index (χ1) is 11.4. The van der Waals surface area contributed by atoms with E-state index in [4.69, 9.17) is 16.2 Å². The first-order valence-electron chi connectivity index (χ1n) is 9.54. The molecule has 24 heavy (non-hydrogen) atoms. The van der Waals surface area contributed by atoms with Gasteiger partial charge in [0, 0.05) is 32.7 Å². The number of ether oxygens (including phenoxy) is 1. The summed E-state index contributed by atoms with van der Waals surface area (Å²) in [6, 6.07) is 0. The molecule has 0 aromatic rings. The van der Waals surface area contributed by atoms with Crippen molar-refractivity contribution in [2.75, 3.05) is 45.8 Å². The molecule has 140 valence electrons. The average molecular weight is 341 g/mol. The topological polar surface area (TPSA) is 84.8 Å². The van der Waals surface area contributed by atoms with Crippen LogP contribution < -0.4 is 11.5 Å². The van der Waals surface area contributed by atoms with Crippen molar-refractivity contribution in [3.63, 3.8) is 0 Å². The molecule has 0 bridgehead atoms. The van der Waals surface area contributed by atoms with Gasteiger partial charge in [0.2, 0.25) is 0 Å². The van der Waals surface area contributed by atoms with Crippen LogP contribution in [0.25, 0.3) is 0 Å². The van der Waals surface area contributed by atoms with Gasteiger partial charge in [-0.2, -0.15) is 0 Å². The fourth-order valence-electron chi connectivity index (χ4n) is 4.09. The van der Waals surface area contributed by atoms with Crippen LogP contribution in [0.2, 0.25) is 0 Å². The number of hydrogen-bond acceptors (Lipinski definition) is 5. The second kappa shape index (κ2) is 9.02. The van der Waals surface area contributed by atoms with Crippen LogP contribution in [0.3, 0.4) is 0 Å². The Morgan fingerprint density at radius 3 is 2.46 bits per heavy atom. The molecule has 0 saturated carbocycles. The van der Waals surface area contributed by atoms with Crippen molar-refractivity contribution >= 4 is 6.09 Å². The highest BCUT2D eigenvalue weighted by Crippen LogP contribution is 2.28. The molecule has 0 aromatic heterocycles. The smallest absolute Gasteiger partial charge is 0.410 e. The highest BCUT2D eigenvalue weighted by atomic mass is 16.6. The summed E-state index contributed by atoms with van der Waals surface area (Å²) >= 11 is 0. The molecule has 0 aliphatic carbocycles. The Morgan fingerprint density at radius 1 is 1.12 bits per heavy atom. The first kappa shape index (κ1) is 19.5. The van der Waals surface area contributed by atoms with Crippen LogP contribution in [0.4, 0.5) is 4.79 Å². The lowest BCUT2D eigenvalue weighted by Crippen LogP contribution is -2.45. The first-order valence-corrected chi connectivity index (χ1v) is 9.54. The van der Waals surface area contributed by atoms with Crippen LogP contribution >= 0.6 is 0 Å². The predicted octanol–water partition coefficient (Wildman–Crippen LogP) is 1.63. The van der Waals surface area contributed by atoms with Gasteiger partial charge in [0.15, 0.2) is 0 Å². The molecule has 4 N–H and O–H groups in total. The van der Waals surface area contributed by atoms with E-state index in [9.17, 15) is 4.79 Å². The SMILES string of the molecule is CC(C)(CC1CCCN(CCN)C1)OC(=O)N1CCC(CN)CC1. The van der Waals surface area contributed by atoms with Crippen molar-refractivity contribution in [3.05, 3.63) is 0 Å². The Labute approximate surface area is 146 Å². The molecular formula is C18H36N4O2. The van der Waals surface area contributed by atoms with Gasteiger partial charge in [-0.15, -0.1) is 0 Å². The number of amides is 1. The molecular weight excluding hydrogens is 304 g/mol. The Balaban J connectivity index is 1.78. The molecule has 2 aliphatic heterocycles. The number of nitrogens with zero attached hydrogens (tertiary/aromatic N) is 2. The van der Waals surface area contributed by atoms with E-state index >= 15 is 0 Å². The maximum absolute atomic E-state index is 12.5. The minimum absolute atomic E-state index is 0.162.